The average Bonchev–Trinajstić information content (AvgIpc) is 3.42. The first-order valence-electron chi connectivity index (χ1n) is 11.6. The number of nitrogens with zero attached hydrogens (tertiary/aromatic N) is 5. The van der Waals surface area contributed by atoms with Gasteiger partial charge in [-0.3, -0.25) is 4.57 Å². The van der Waals surface area contributed by atoms with Crippen molar-refractivity contribution in [2.24, 2.45) is 0 Å². The second-order valence-electron chi connectivity index (χ2n) is 8.69. The number of nitrogens with one attached hydrogen (secondary N) is 1. The zero-order valence-corrected chi connectivity index (χ0v) is 20.6. The number of fused-ring (bicyclic) bond motifs is 1. The number of rotatable bonds is 8. The van der Waals surface area contributed by atoms with E-state index in [4.69, 9.17) is 17.3 Å². The van der Waals surface area contributed by atoms with Crippen molar-refractivity contribution in [3.8, 4) is 5.69 Å². The highest BCUT2D eigenvalue weighted by Crippen LogP contribution is 2.18. The van der Waals surface area contributed by atoms with Crippen LogP contribution in [-0.2, 0) is 19.4 Å². The van der Waals surface area contributed by atoms with Gasteiger partial charge in [-0.1, -0.05) is 29.8 Å². The molecule has 178 valence electrons. The number of aryl methyl sites for hydroxylation is 3. The minimum Gasteiger partial charge on any atom is -0.374 e. The molecule has 5 rings (SSSR count). The second kappa shape index (κ2) is 9.84. The van der Waals surface area contributed by atoms with E-state index in [9.17, 15) is 4.39 Å². The first-order valence-corrected chi connectivity index (χ1v) is 12.0. The first-order chi connectivity index (χ1) is 17.0. The van der Waals surface area contributed by atoms with E-state index < -0.39 is 0 Å². The normalized spacial score (nSPS) is 11.3. The fourth-order valence-corrected chi connectivity index (χ4v) is 4.48. The summed E-state index contributed by atoms with van der Waals surface area (Å²) in [5.41, 5.74) is 5.13. The number of halogens is 1. The van der Waals surface area contributed by atoms with Gasteiger partial charge in [-0.05, 0) is 67.7 Å². The maximum absolute atomic E-state index is 13.3. The number of hydrogen-bond acceptors (Lipinski definition) is 4. The molecule has 0 aliphatic carbocycles. The van der Waals surface area contributed by atoms with Gasteiger partial charge in [0.2, 0.25) is 4.77 Å². The molecule has 0 aliphatic heterocycles. The second-order valence-corrected chi connectivity index (χ2v) is 9.06. The first kappa shape index (κ1) is 23.0. The molecule has 0 fully saturated rings. The molecule has 6 nitrogen and oxygen atoms in total. The van der Waals surface area contributed by atoms with Crippen LogP contribution in [0.25, 0.3) is 16.7 Å². The van der Waals surface area contributed by atoms with Crippen LogP contribution < -0.4 is 4.90 Å². The summed E-state index contributed by atoms with van der Waals surface area (Å²) in [6.07, 6.45) is 1.38. The Bertz CT molecular complexity index is 1460. The smallest absolute Gasteiger partial charge is 0.202 e. The fraction of sp³-hybridized carbons (Fsp3) is 0.222. The number of aromatic nitrogens is 5. The van der Waals surface area contributed by atoms with Crippen LogP contribution in [0.1, 0.15) is 17.2 Å². The van der Waals surface area contributed by atoms with Crippen LogP contribution in [0, 0.1) is 17.5 Å². The maximum atomic E-state index is 13.3. The summed E-state index contributed by atoms with van der Waals surface area (Å²) in [4.78, 5) is 10.2. The summed E-state index contributed by atoms with van der Waals surface area (Å²) in [7, 11) is 2.00. The quantitative estimate of drug-likeness (QED) is 0.288. The Kier molecular flexibility index (Phi) is 6.46. The third kappa shape index (κ3) is 5.02. The van der Waals surface area contributed by atoms with Crippen LogP contribution >= 0.6 is 12.2 Å². The van der Waals surface area contributed by atoms with Crippen LogP contribution in [0.3, 0.4) is 0 Å². The summed E-state index contributed by atoms with van der Waals surface area (Å²) < 4.78 is 17.9. The molecule has 0 spiro atoms. The third-order valence-corrected chi connectivity index (χ3v) is 6.53. The number of H-pyrrole nitrogens is 1. The number of para-hydroxylation sites is 2. The summed E-state index contributed by atoms with van der Waals surface area (Å²) in [5, 5.41) is 4.90. The van der Waals surface area contributed by atoms with E-state index in [-0.39, 0.29) is 5.82 Å². The topological polar surface area (TPSA) is 54.7 Å². The molecule has 0 saturated heterocycles. The molecule has 1 N–H and O–H groups in total. The zero-order chi connectivity index (χ0) is 24.4. The maximum Gasteiger partial charge on any atom is 0.202 e. The Morgan fingerprint density at radius 3 is 2.46 bits per heavy atom. The van der Waals surface area contributed by atoms with Gasteiger partial charge in [-0.2, -0.15) is 5.10 Å². The number of benzene rings is 3. The van der Waals surface area contributed by atoms with E-state index in [2.05, 4.69) is 46.1 Å². The lowest BCUT2D eigenvalue weighted by molar-refractivity contribution is 0.587. The molecule has 0 unspecified atom stereocenters. The van der Waals surface area contributed by atoms with Crippen molar-refractivity contribution in [3.05, 3.63) is 101 Å². The van der Waals surface area contributed by atoms with Gasteiger partial charge in [0, 0.05) is 37.8 Å². The van der Waals surface area contributed by atoms with Gasteiger partial charge in [0.15, 0.2) is 0 Å². The average molecular weight is 487 g/mol. The molecule has 8 heteroatoms. The third-order valence-electron chi connectivity index (χ3n) is 6.14. The minimum atomic E-state index is -0.238. The molecule has 0 aliphatic rings. The van der Waals surface area contributed by atoms with E-state index in [1.807, 2.05) is 40.6 Å². The molecule has 2 heterocycles. The number of aromatic amines is 1. The van der Waals surface area contributed by atoms with Crippen LogP contribution in [0.15, 0.2) is 72.8 Å². The van der Waals surface area contributed by atoms with Gasteiger partial charge in [0.05, 0.1) is 17.6 Å². The Labute approximate surface area is 208 Å². The molecular formula is C27H27FN6S. The van der Waals surface area contributed by atoms with E-state index in [0.29, 0.717) is 30.7 Å². The van der Waals surface area contributed by atoms with Crippen molar-refractivity contribution in [2.75, 3.05) is 18.5 Å². The lowest BCUT2D eigenvalue weighted by Gasteiger charge is -2.19. The van der Waals surface area contributed by atoms with E-state index >= 15 is 0 Å². The number of likely N-dealkylation sites (N-methyl/N-ethyl adjacent to an activating group) is 1. The minimum absolute atomic E-state index is 0.238. The van der Waals surface area contributed by atoms with Gasteiger partial charge in [-0.15, -0.1) is 0 Å². The SMILES string of the molecule is Cc1ccc(-n2c(CCN(C)c3ccc(F)cc3)nn(CCc3nc4ccccc4[nH]3)c2=S)cc1. The van der Waals surface area contributed by atoms with E-state index in [0.717, 1.165) is 34.1 Å². The molecule has 0 bridgehead atoms. The van der Waals surface area contributed by atoms with Crippen molar-refractivity contribution in [3.63, 3.8) is 0 Å². The van der Waals surface area contributed by atoms with Crippen molar-refractivity contribution in [2.45, 2.75) is 26.3 Å². The molecule has 0 atom stereocenters. The Hall–Kier alpha value is -3.78. The highest BCUT2D eigenvalue weighted by atomic mass is 32.1. The molecule has 0 saturated carbocycles. The summed E-state index contributed by atoms with van der Waals surface area (Å²) >= 11 is 5.87. The van der Waals surface area contributed by atoms with Crippen molar-refractivity contribution < 1.29 is 4.39 Å². The largest absolute Gasteiger partial charge is 0.374 e. The Balaban J connectivity index is 1.40. The van der Waals surface area contributed by atoms with Gasteiger partial charge < -0.3 is 9.88 Å². The fourth-order valence-electron chi connectivity index (χ4n) is 4.14. The lowest BCUT2D eigenvalue weighted by Crippen LogP contribution is -2.21. The highest BCUT2D eigenvalue weighted by Gasteiger charge is 2.14. The monoisotopic (exact) mass is 486 g/mol. The molecule has 2 aromatic heterocycles. The van der Waals surface area contributed by atoms with Crippen LogP contribution in [0.2, 0.25) is 0 Å². The van der Waals surface area contributed by atoms with Gasteiger partial charge in [0.25, 0.3) is 0 Å². The van der Waals surface area contributed by atoms with Gasteiger partial charge in [-0.25, -0.2) is 14.1 Å². The van der Waals surface area contributed by atoms with Crippen LogP contribution in [-0.4, -0.2) is 37.9 Å². The molecule has 35 heavy (non-hydrogen) atoms. The molecule has 0 radical (unpaired) electrons. The summed E-state index contributed by atoms with van der Waals surface area (Å²) in [6, 6.07) is 22.9. The van der Waals surface area contributed by atoms with Crippen molar-refractivity contribution in [1.82, 2.24) is 24.3 Å². The predicted octanol–water partition coefficient (Wildman–Crippen LogP) is 5.65. The summed E-state index contributed by atoms with van der Waals surface area (Å²) in [6.45, 7) is 3.41. The number of imidazole rings is 1. The predicted molar refractivity (Wildman–Crippen MR) is 140 cm³/mol. The number of anilines is 1. The standard InChI is InChI=1S/C27H27FN6S/c1-19-7-11-22(12-8-19)34-26(16-17-32(2)21-13-9-20(28)10-14-21)31-33(27(34)35)18-15-25-29-23-5-3-4-6-24(23)30-25/h3-14H,15-18H2,1-2H3,(H,29,30). The summed E-state index contributed by atoms with van der Waals surface area (Å²) in [5.74, 6) is 1.56. The molecular weight excluding hydrogens is 459 g/mol. The molecule has 5 aromatic rings. The van der Waals surface area contributed by atoms with Crippen molar-refractivity contribution >= 4 is 28.9 Å². The molecule has 3 aromatic carbocycles. The Morgan fingerprint density at radius 1 is 0.971 bits per heavy atom. The Morgan fingerprint density at radius 2 is 1.71 bits per heavy atom. The highest BCUT2D eigenvalue weighted by molar-refractivity contribution is 7.71. The molecule has 0 amide bonds. The zero-order valence-electron chi connectivity index (χ0n) is 19.8. The van der Waals surface area contributed by atoms with Crippen molar-refractivity contribution in [1.29, 1.82) is 0 Å². The van der Waals surface area contributed by atoms with E-state index in [1.54, 1.807) is 12.1 Å². The van der Waals surface area contributed by atoms with Crippen LogP contribution in [0.5, 0.6) is 0 Å². The van der Waals surface area contributed by atoms with Gasteiger partial charge in [0.1, 0.15) is 17.5 Å². The van der Waals surface area contributed by atoms with Gasteiger partial charge >= 0.3 is 0 Å². The van der Waals surface area contributed by atoms with E-state index in [1.165, 1.54) is 17.7 Å². The van der Waals surface area contributed by atoms with Crippen LogP contribution in [0.4, 0.5) is 10.1 Å². The number of hydrogen-bond donors (Lipinski definition) is 1. The lowest BCUT2D eigenvalue weighted by atomic mass is 10.2.